The zero-order valence-corrected chi connectivity index (χ0v) is 13.9. The van der Waals surface area contributed by atoms with Gasteiger partial charge in [-0.15, -0.1) is 0 Å². The van der Waals surface area contributed by atoms with Crippen LogP contribution in [0.2, 0.25) is 0 Å². The van der Waals surface area contributed by atoms with Crippen LogP contribution in [0.3, 0.4) is 0 Å². The van der Waals surface area contributed by atoms with E-state index in [0.29, 0.717) is 22.9 Å². The third-order valence-corrected chi connectivity index (χ3v) is 5.60. The lowest BCUT2D eigenvalue weighted by Crippen LogP contribution is -2.51. The molecule has 24 heavy (non-hydrogen) atoms. The first-order valence-electron chi connectivity index (χ1n) is 8.98. The number of aromatic nitrogens is 2. The lowest BCUT2D eigenvalue weighted by Gasteiger charge is -2.44. The minimum atomic E-state index is -0.133. The molecule has 2 heterocycles. The fraction of sp³-hybridized carbons (Fsp3) is 0.526. The molecule has 1 saturated carbocycles. The van der Waals surface area contributed by atoms with Gasteiger partial charge in [0, 0.05) is 12.6 Å². The molecule has 0 N–H and O–H groups in total. The van der Waals surface area contributed by atoms with Gasteiger partial charge < -0.3 is 4.90 Å². The fourth-order valence-electron chi connectivity index (χ4n) is 4.39. The summed E-state index contributed by atoms with van der Waals surface area (Å²) in [5.41, 5.74) is 0.544. The van der Waals surface area contributed by atoms with E-state index in [0.717, 1.165) is 19.4 Å². The van der Waals surface area contributed by atoms with Crippen LogP contribution in [0.4, 0.5) is 0 Å². The van der Waals surface area contributed by atoms with Crippen molar-refractivity contribution in [2.24, 2.45) is 5.92 Å². The zero-order chi connectivity index (χ0) is 16.5. The van der Waals surface area contributed by atoms with Crippen molar-refractivity contribution in [3.05, 3.63) is 40.9 Å². The number of carbonyl (C=O) groups excluding carboxylic acids is 1. The first kappa shape index (κ1) is 15.4. The number of para-hydroxylation sites is 1. The van der Waals surface area contributed by atoms with Crippen LogP contribution in [0.1, 0.15) is 38.5 Å². The van der Waals surface area contributed by atoms with Crippen molar-refractivity contribution in [1.82, 2.24) is 14.5 Å². The Morgan fingerprint density at radius 1 is 1.12 bits per heavy atom. The van der Waals surface area contributed by atoms with Crippen molar-refractivity contribution in [3.63, 3.8) is 0 Å². The van der Waals surface area contributed by atoms with Gasteiger partial charge in [0.1, 0.15) is 6.54 Å². The first-order valence-corrected chi connectivity index (χ1v) is 8.98. The number of hydrogen-bond donors (Lipinski definition) is 0. The second-order valence-electron chi connectivity index (χ2n) is 7.04. The molecule has 0 spiro atoms. The summed E-state index contributed by atoms with van der Waals surface area (Å²) in [5.74, 6) is 0.716. The van der Waals surface area contributed by atoms with Crippen LogP contribution in [0.5, 0.6) is 0 Å². The lowest BCUT2D eigenvalue weighted by molar-refractivity contribution is -0.138. The van der Waals surface area contributed by atoms with E-state index in [4.69, 9.17) is 0 Å². The molecule has 1 aliphatic carbocycles. The molecule has 0 bridgehead atoms. The van der Waals surface area contributed by atoms with Crippen LogP contribution >= 0.6 is 0 Å². The molecule has 0 unspecified atom stereocenters. The summed E-state index contributed by atoms with van der Waals surface area (Å²) in [7, 11) is 0. The van der Waals surface area contributed by atoms with Crippen LogP contribution in [0.25, 0.3) is 10.9 Å². The standard InChI is InChI=1S/C19H23N3O2/c23-18(22-11-5-7-14-6-1-4-10-17(14)22)12-21-13-20-16-9-3-2-8-15(16)19(21)24/h2-3,8-9,13-14,17H,1,4-7,10-12H2/t14-,17+/m1/s1. The van der Waals surface area contributed by atoms with E-state index in [1.54, 1.807) is 6.07 Å². The maximum Gasteiger partial charge on any atom is 0.261 e. The largest absolute Gasteiger partial charge is 0.338 e. The molecule has 126 valence electrons. The highest BCUT2D eigenvalue weighted by atomic mass is 16.2. The SMILES string of the molecule is O=C(Cn1cnc2ccccc2c1=O)N1CCC[C@H]2CCCC[C@@H]21. The number of benzene rings is 1. The molecule has 5 nitrogen and oxygen atoms in total. The van der Waals surface area contributed by atoms with Crippen molar-refractivity contribution in [2.75, 3.05) is 6.54 Å². The van der Waals surface area contributed by atoms with Gasteiger partial charge in [-0.05, 0) is 43.7 Å². The number of carbonyl (C=O) groups is 1. The summed E-state index contributed by atoms with van der Waals surface area (Å²) >= 11 is 0. The molecule has 2 fully saturated rings. The Labute approximate surface area is 141 Å². The minimum absolute atomic E-state index is 0.0609. The summed E-state index contributed by atoms with van der Waals surface area (Å²) in [5, 5.41) is 0.571. The number of rotatable bonds is 2. The van der Waals surface area contributed by atoms with Crippen LogP contribution in [0, 0.1) is 5.92 Å². The Kier molecular flexibility index (Phi) is 4.08. The van der Waals surface area contributed by atoms with E-state index in [1.165, 1.54) is 36.6 Å². The molecular formula is C19H23N3O2. The average molecular weight is 325 g/mol. The molecule has 1 aromatic heterocycles. The summed E-state index contributed by atoms with van der Waals surface area (Å²) in [6.45, 7) is 0.926. The van der Waals surface area contributed by atoms with Gasteiger partial charge in [-0.1, -0.05) is 25.0 Å². The van der Waals surface area contributed by atoms with E-state index in [-0.39, 0.29) is 18.0 Å². The van der Waals surface area contributed by atoms with Crippen molar-refractivity contribution < 1.29 is 4.79 Å². The normalized spacial score (nSPS) is 23.9. The van der Waals surface area contributed by atoms with E-state index < -0.39 is 0 Å². The van der Waals surface area contributed by atoms with Gasteiger partial charge >= 0.3 is 0 Å². The summed E-state index contributed by atoms with van der Waals surface area (Å²) in [6, 6.07) is 7.66. The second kappa shape index (κ2) is 6.38. The third-order valence-electron chi connectivity index (χ3n) is 5.60. The molecule has 1 saturated heterocycles. The highest BCUT2D eigenvalue weighted by molar-refractivity contribution is 5.79. The van der Waals surface area contributed by atoms with Crippen molar-refractivity contribution in [2.45, 2.75) is 51.1 Å². The Balaban J connectivity index is 1.57. The number of fused-ring (bicyclic) bond motifs is 2. The number of likely N-dealkylation sites (tertiary alicyclic amines) is 1. The van der Waals surface area contributed by atoms with E-state index in [1.807, 2.05) is 23.1 Å². The Hall–Kier alpha value is -2.17. The quantitative estimate of drug-likeness (QED) is 0.853. The van der Waals surface area contributed by atoms with Crippen molar-refractivity contribution in [3.8, 4) is 0 Å². The maximum atomic E-state index is 12.8. The fourth-order valence-corrected chi connectivity index (χ4v) is 4.39. The monoisotopic (exact) mass is 325 g/mol. The Morgan fingerprint density at radius 2 is 1.92 bits per heavy atom. The van der Waals surface area contributed by atoms with Gasteiger partial charge in [0.25, 0.3) is 5.56 Å². The number of piperidine rings is 1. The summed E-state index contributed by atoms with van der Waals surface area (Å²) < 4.78 is 1.46. The predicted octanol–water partition coefficient (Wildman–Crippen LogP) is 2.58. The van der Waals surface area contributed by atoms with E-state index in [9.17, 15) is 9.59 Å². The second-order valence-corrected chi connectivity index (χ2v) is 7.04. The van der Waals surface area contributed by atoms with Gasteiger partial charge in [0.2, 0.25) is 5.91 Å². The predicted molar refractivity (Wildman–Crippen MR) is 92.7 cm³/mol. The Morgan fingerprint density at radius 3 is 2.83 bits per heavy atom. The van der Waals surface area contributed by atoms with E-state index in [2.05, 4.69) is 4.98 Å². The highest BCUT2D eigenvalue weighted by Crippen LogP contribution is 2.35. The molecule has 1 amide bonds. The van der Waals surface area contributed by atoms with Crippen LogP contribution < -0.4 is 5.56 Å². The highest BCUT2D eigenvalue weighted by Gasteiger charge is 2.35. The molecule has 5 heteroatoms. The first-order chi connectivity index (χ1) is 11.7. The summed E-state index contributed by atoms with van der Waals surface area (Å²) in [6.07, 6.45) is 8.68. The molecule has 4 rings (SSSR count). The number of hydrogen-bond acceptors (Lipinski definition) is 3. The third kappa shape index (κ3) is 2.72. The maximum absolute atomic E-state index is 12.8. The zero-order valence-electron chi connectivity index (χ0n) is 13.9. The molecule has 2 atom stereocenters. The van der Waals surface area contributed by atoms with Gasteiger partial charge in [-0.25, -0.2) is 4.98 Å². The topological polar surface area (TPSA) is 55.2 Å². The average Bonchev–Trinajstić information content (AvgIpc) is 2.63. The molecule has 2 aliphatic rings. The van der Waals surface area contributed by atoms with Crippen molar-refractivity contribution >= 4 is 16.8 Å². The van der Waals surface area contributed by atoms with Gasteiger partial charge in [-0.2, -0.15) is 0 Å². The van der Waals surface area contributed by atoms with Gasteiger partial charge in [0.05, 0.1) is 17.2 Å². The molecule has 1 aliphatic heterocycles. The summed E-state index contributed by atoms with van der Waals surface area (Å²) in [4.78, 5) is 31.8. The van der Waals surface area contributed by atoms with Gasteiger partial charge in [-0.3, -0.25) is 14.2 Å². The van der Waals surface area contributed by atoms with Crippen LogP contribution in [0.15, 0.2) is 35.4 Å². The van der Waals surface area contributed by atoms with E-state index >= 15 is 0 Å². The minimum Gasteiger partial charge on any atom is -0.338 e. The molecular weight excluding hydrogens is 302 g/mol. The van der Waals surface area contributed by atoms with Crippen LogP contribution in [-0.2, 0) is 11.3 Å². The molecule has 0 radical (unpaired) electrons. The van der Waals surface area contributed by atoms with Crippen molar-refractivity contribution in [1.29, 1.82) is 0 Å². The number of nitrogens with zero attached hydrogens (tertiary/aromatic N) is 3. The molecule has 1 aromatic carbocycles. The van der Waals surface area contributed by atoms with Gasteiger partial charge in [0.15, 0.2) is 0 Å². The van der Waals surface area contributed by atoms with Crippen LogP contribution in [-0.4, -0.2) is 32.9 Å². The Bertz CT molecular complexity index is 812. The molecule has 2 aromatic rings. The number of amides is 1. The lowest BCUT2D eigenvalue weighted by atomic mass is 9.78. The smallest absolute Gasteiger partial charge is 0.261 e.